The average molecular weight is 476 g/mol. The van der Waals surface area contributed by atoms with Crippen LogP contribution in [-0.4, -0.2) is 85.4 Å². The third-order valence-electron chi connectivity index (χ3n) is 5.91. The molecule has 2 amide bonds. The molecule has 176 valence electrons. The topological polar surface area (TPSA) is 117 Å². The number of furan rings is 1. The summed E-state index contributed by atoms with van der Waals surface area (Å²) in [5.74, 6) is -1.39. The highest BCUT2D eigenvalue weighted by atomic mass is 32.2. The van der Waals surface area contributed by atoms with Crippen molar-refractivity contribution in [3.8, 4) is 0 Å². The third kappa shape index (κ3) is 5.09. The maximum absolute atomic E-state index is 13.0. The summed E-state index contributed by atoms with van der Waals surface area (Å²) >= 11 is 0. The van der Waals surface area contributed by atoms with Crippen molar-refractivity contribution >= 4 is 27.8 Å². The van der Waals surface area contributed by atoms with Crippen molar-refractivity contribution in [3.63, 3.8) is 0 Å². The Morgan fingerprint density at radius 2 is 1.73 bits per heavy atom. The first-order valence-corrected chi connectivity index (χ1v) is 12.4. The molecule has 4 rings (SSSR count). The van der Waals surface area contributed by atoms with E-state index in [4.69, 9.17) is 9.15 Å². The predicted molar refractivity (Wildman–Crippen MR) is 116 cm³/mol. The van der Waals surface area contributed by atoms with E-state index in [1.165, 1.54) is 26.4 Å². The number of sulfonamides is 1. The van der Waals surface area contributed by atoms with E-state index in [2.05, 4.69) is 0 Å². The highest BCUT2D eigenvalue weighted by molar-refractivity contribution is 7.88. The van der Waals surface area contributed by atoms with Gasteiger partial charge in [0.15, 0.2) is 12.4 Å². The number of fused-ring (bicyclic) bond motifs is 1. The second-order valence-electron chi connectivity index (χ2n) is 8.05. The predicted octanol–water partition coefficient (Wildman–Crippen LogP) is 0.494. The number of esters is 1. The van der Waals surface area contributed by atoms with Crippen LogP contribution >= 0.6 is 0 Å². The number of amides is 2. The van der Waals surface area contributed by atoms with E-state index >= 15 is 0 Å². The van der Waals surface area contributed by atoms with Gasteiger partial charge in [-0.1, -0.05) is 24.3 Å². The minimum atomic E-state index is -3.31. The summed E-state index contributed by atoms with van der Waals surface area (Å²) in [5.41, 5.74) is 1.87. The van der Waals surface area contributed by atoms with Crippen LogP contribution in [0, 0.1) is 0 Å². The largest absolute Gasteiger partial charge is 0.459 e. The fourth-order valence-electron chi connectivity index (χ4n) is 4.08. The van der Waals surface area contributed by atoms with Crippen LogP contribution in [0.5, 0.6) is 0 Å². The van der Waals surface area contributed by atoms with Crippen LogP contribution in [0.25, 0.3) is 0 Å². The molecule has 0 saturated carbocycles. The molecule has 0 N–H and O–H groups in total. The van der Waals surface area contributed by atoms with Gasteiger partial charge in [0.2, 0.25) is 10.0 Å². The van der Waals surface area contributed by atoms with Gasteiger partial charge in [-0.05, 0) is 23.3 Å². The van der Waals surface area contributed by atoms with Crippen molar-refractivity contribution in [2.24, 2.45) is 0 Å². The number of carbonyl (C=O) groups excluding carboxylic acids is 3. The summed E-state index contributed by atoms with van der Waals surface area (Å²) in [6.07, 6.45) is 2.79. The minimum absolute atomic E-state index is 0.118. The van der Waals surface area contributed by atoms with Gasteiger partial charge in [0, 0.05) is 39.1 Å². The molecule has 0 radical (unpaired) electrons. The summed E-state index contributed by atoms with van der Waals surface area (Å²) < 4.78 is 35.1. The Hall–Kier alpha value is -3.18. The Morgan fingerprint density at radius 3 is 2.36 bits per heavy atom. The molecule has 0 unspecified atom stereocenters. The first kappa shape index (κ1) is 23.0. The van der Waals surface area contributed by atoms with Crippen LogP contribution in [0.4, 0.5) is 0 Å². The number of ether oxygens (including phenoxy) is 1. The van der Waals surface area contributed by atoms with Crippen molar-refractivity contribution in [1.82, 2.24) is 14.1 Å². The lowest BCUT2D eigenvalue weighted by atomic mass is 9.93. The maximum Gasteiger partial charge on any atom is 0.329 e. The fourth-order valence-corrected chi connectivity index (χ4v) is 4.90. The van der Waals surface area contributed by atoms with Crippen LogP contribution in [0.15, 0.2) is 47.1 Å². The first-order valence-electron chi connectivity index (χ1n) is 10.5. The van der Waals surface area contributed by atoms with Crippen molar-refractivity contribution < 1.29 is 32.0 Å². The van der Waals surface area contributed by atoms with Crippen LogP contribution in [0.1, 0.15) is 21.7 Å². The third-order valence-corrected chi connectivity index (χ3v) is 7.21. The molecule has 33 heavy (non-hydrogen) atoms. The Balaban J connectivity index is 1.41. The van der Waals surface area contributed by atoms with Gasteiger partial charge >= 0.3 is 5.97 Å². The van der Waals surface area contributed by atoms with Gasteiger partial charge in [-0.2, -0.15) is 4.31 Å². The maximum atomic E-state index is 13.0. The molecule has 1 aromatic heterocycles. The van der Waals surface area contributed by atoms with Gasteiger partial charge in [-0.15, -0.1) is 0 Å². The van der Waals surface area contributed by atoms with E-state index < -0.39 is 40.5 Å². The molecule has 2 aromatic rings. The summed E-state index contributed by atoms with van der Waals surface area (Å²) in [7, 11) is -3.31. The van der Waals surface area contributed by atoms with Crippen LogP contribution in [-0.2, 0) is 37.3 Å². The number of nitrogens with zero attached hydrogens (tertiary/aromatic N) is 3. The fraction of sp³-hybridized carbons (Fsp3) is 0.409. The molecule has 0 spiro atoms. The molecule has 1 atom stereocenters. The number of hydrogen-bond acceptors (Lipinski definition) is 7. The second kappa shape index (κ2) is 9.36. The molecule has 2 aliphatic rings. The van der Waals surface area contributed by atoms with E-state index in [1.54, 1.807) is 6.07 Å². The van der Waals surface area contributed by atoms with Gasteiger partial charge in [-0.25, -0.2) is 13.2 Å². The van der Waals surface area contributed by atoms with Crippen molar-refractivity contribution in [1.29, 1.82) is 0 Å². The lowest BCUT2D eigenvalue weighted by Crippen LogP contribution is -2.52. The SMILES string of the molecule is CS(=O)(=O)N1CCN(C(=O)COC(=O)[C@@H]2Cc3ccccc3CN2C(=O)c2ccco2)CC1. The van der Waals surface area contributed by atoms with Crippen molar-refractivity contribution in [2.75, 3.05) is 39.0 Å². The molecular weight excluding hydrogens is 450 g/mol. The van der Waals surface area contributed by atoms with Crippen LogP contribution < -0.4 is 0 Å². The van der Waals surface area contributed by atoms with Gasteiger partial charge in [0.1, 0.15) is 6.04 Å². The number of carbonyl (C=O) groups is 3. The summed E-state index contributed by atoms with van der Waals surface area (Å²) in [4.78, 5) is 41.3. The Morgan fingerprint density at radius 1 is 1.03 bits per heavy atom. The molecule has 2 aliphatic heterocycles. The Kier molecular flexibility index (Phi) is 6.52. The molecule has 11 heteroatoms. The zero-order chi connectivity index (χ0) is 23.6. The standard InChI is InChI=1S/C22H25N3O7S/c1-33(29,30)24-10-8-23(9-11-24)20(26)15-32-22(28)18-13-16-5-2-3-6-17(16)14-25(18)21(27)19-7-4-12-31-19/h2-7,12,18H,8-11,13-15H2,1H3/t18-/m0/s1. The normalized spacial score (nSPS) is 19.1. The van der Waals surface area contributed by atoms with E-state index in [0.29, 0.717) is 0 Å². The average Bonchev–Trinajstić information content (AvgIpc) is 3.35. The molecule has 3 heterocycles. The van der Waals surface area contributed by atoms with Crippen molar-refractivity contribution in [3.05, 3.63) is 59.5 Å². The summed E-state index contributed by atoms with van der Waals surface area (Å²) in [6, 6.07) is 9.77. The highest BCUT2D eigenvalue weighted by Gasteiger charge is 2.37. The van der Waals surface area contributed by atoms with Gasteiger partial charge < -0.3 is 19.0 Å². The number of benzene rings is 1. The molecule has 10 nitrogen and oxygen atoms in total. The van der Waals surface area contributed by atoms with E-state index in [0.717, 1.165) is 17.4 Å². The van der Waals surface area contributed by atoms with Crippen LogP contribution in [0.3, 0.4) is 0 Å². The second-order valence-corrected chi connectivity index (χ2v) is 10.0. The first-order chi connectivity index (χ1) is 15.7. The zero-order valence-corrected chi connectivity index (χ0v) is 19.0. The van der Waals surface area contributed by atoms with Crippen molar-refractivity contribution in [2.45, 2.75) is 19.0 Å². The van der Waals surface area contributed by atoms with Gasteiger partial charge in [0.05, 0.1) is 12.5 Å². The molecule has 1 fully saturated rings. The molecule has 0 aliphatic carbocycles. The monoisotopic (exact) mass is 475 g/mol. The van der Waals surface area contributed by atoms with E-state index in [9.17, 15) is 22.8 Å². The van der Waals surface area contributed by atoms with Gasteiger partial charge in [0.25, 0.3) is 11.8 Å². The summed E-state index contributed by atoms with van der Waals surface area (Å²) in [6.45, 7) is 0.592. The smallest absolute Gasteiger partial charge is 0.329 e. The molecular formula is C22H25N3O7S. The lowest BCUT2D eigenvalue weighted by molar-refractivity contribution is -0.156. The number of piperazine rings is 1. The zero-order valence-electron chi connectivity index (χ0n) is 18.2. The Bertz CT molecular complexity index is 1140. The minimum Gasteiger partial charge on any atom is -0.459 e. The molecule has 1 saturated heterocycles. The van der Waals surface area contributed by atoms with E-state index in [1.807, 2.05) is 24.3 Å². The van der Waals surface area contributed by atoms with Crippen LogP contribution in [0.2, 0.25) is 0 Å². The summed E-state index contributed by atoms with van der Waals surface area (Å²) in [5, 5.41) is 0. The number of rotatable bonds is 5. The number of hydrogen-bond donors (Lipinski definition) is 0. The van der Waals surface area contributed by atoms with E-state index in [-0.39, 0.29) is 44.9 Å². The lowest BCUT2D eigenvalue weighted by Gasteiger charge is -2.35. The molecule has 0 bridgehead atoms. The van der Waals surface area contributed by atoms with Gasteiger partial charge in [-0.3, -0.25) is 9.59 Å². The Labute approximate surface area is 191 Å². The highest BCUT2D eigenvalue weighted by Crippen LogP contribution is 2.26. The molecule has 1 aromatic carbocycles. The quantitative estimate of drug-likeness (QED) is 0.578.